The summed E-state index contributed by atoms with van der Waals surface area (Å²) in [7, 11) is 0. The highest BCUT2D eigenvalue weighted by molar-refractivity contribution is 5.99. The van der Waals surface area contributed by atoms with Crippen LogP contribution >= 0.6 is 0 Å². The van der Waals surface area contributed by atoms with Gasteiger partial charge in [-0.3, -0.25) is 0 Å². The van der Waals surface area contributed by atoms with Crippen molar-refractivity contribution in [2.24, 2.45) is 0 Å². The number of furan rings is 1. The third kappa shape index (κ3) is 5.81. The molecule has 0 fully saturated rings. The molecule has 10 rings (SSSR count). The van der Waals surface area contributed by atoms with E-state index in [-0.39, 0.29) is 0 Å². The summed E-state index contributed by atoms with van der Waals surface area (Å²) in [4.78, 5) is 2.37. The zero-order valence-corrected chi connectivity index (χ0v) is 29.6. The molecule has 0 saturated heterocycles. The number of fused-ring (bicyclic) bond motifs is 3. The number of hydrogen-bond acceptors (Lipinski definition) is 2. The van der Waals surface area contributed by atoms with Gasteiger partial charge in [-0.15, -0.1) is 0 Å². The van der Waals surface area contributed by atoms with Gasteiger partial charge >= 0.3 is 0 Å². The van der Waals surface area contributed by atoms with Gasteiger partial charge in [0.1, 0.15) is 11.3 Å². The quantitative estimate of drug-likeness (QED) is 0.166. The van der Waals surface area contributed by atoms with Crippen molar-refractivity contribution in [1.82, 2.24) is 0 Å². The van der Waals surface area contributed by atoms with E-state index in [0.29, 0.717) is 0 Å². The maximum Gasteiger partial charge on any atom is 0.136 e. The number of para-hydroxylation sites is 1. The van der Waals surface area contributed by atoms with Gasteiger partial charge in [0, 0.05) is 27.7 Å². The third-order valence-corrected chi connectivity index (χ3v) is 10.5. The summed E-state index contributed by atoms with van der Waals surface area (Å²) in [6.07, 6.45) is 0. The van der Waals surface area contributed by atoms with E-state index in [1.165, 1.54) is 32.7 Å². The van der Waals surface area contributed by atoms with E-state index in [1.807, 2.05) is 12.1 Å². The second kappa shape index (κ2) is 13.4. The summed E-state index contributed by atoms with van der Waals surface area (Å²) in [5, 5.41) is 6.01. The summed E-state index contributed by atoms with van der Waals surface area (Å²) in [5.41, 5.74) is 12.3. The van der Waals surface area contributed by atoms with Gasteiger partial charge < -0.3 is 9.32 Å². The molecular weight excluding hydrogens is 655 g/mol. The van der Waals surface area contributed by atoms with Crippen LogP contribution in [0.2, 0.25) is 0 Å². The van der Waals surface area contributed by atoms with Crippen LogP contribution in [0.4, 0.5) is 17.1 Å². The molecule has 1 aromatic heterocycles. The van der Waals surface area contributed by atoms with Gasteiger partial charge in [-0.2, -0.15) is 0 Å². The standard InChI is InChI=1S/C52H35NO/c1-2-12-39(13-3-1)47-32-27-43(34-49(47)52-35-44-16-7-9-20-51(44)54-52)38-25-30-46(31-26-38)53(50-19-10-17-40-14-6-8-18-48(40)50)45-28-23-37(24-29-45)42-22-21-36-11-4-5-15-41(36)33-42/h1-35H. The molecule has 0 N–H and O–H groups in total. The Labute approximate surface area is 314 Å². The van der Waals surface area contributed by atoms with Crippen LogP contribution in [0.15, 0.2) is 217 Å². The topological polar surface area (TPSA) is 16.4 Å². The van der Waals surface area contributed by atoms with E-state index in [1.54, 1.807) is 0 Å². The van der Waals surface area contributed by atoms with Crippen LogP contribution in [-0.2, 0) is 0 Å². The van der Waals surface area contributed by atoms with Gasteiger partial charge in [0.05, 0.1) is 5.69 Å². The molecule has 0 atom stereocenters. The molecule has 54 heavy (non-hydrogen) atoms. The number of nitrogens with zero attached hydrogens (tertiary/aromatic N) is 1. The Bertz CT molecular complexity index is 2880. The fourth-order valence-electron chi connectivity index (χ4n) is 7.72. The Hall–Kier alpha value is -7.16. The normalized spacial score (nSPS) is 11.3. The van der Waals surface area contributed by atoms with Crippen LogP contribution < -0.4 is 4.90 Å². The molecule has 10 aromatic rings. The van der Waals surface area contributed by atoms with Crippen molar-refractivity contribution in [3.05, 3.63) is 212 Å². The lowest BCUT2D eigenvalue weighted by Crippen LogP contribution is -2.10. The van der Waals surface area contributed by atoms with Crippen molar-refractivity contribution >= 4 is 49.6 Å². The highest BCUT2D eigenvalue weighted by Gasteiger charge is 2.18. The predicted octanol–water partition coefficient (Wildman–Crippen LogP) is 14.9. The number of rotatable bonds is 7. The minimum absolute atomic E-state index is 0.864. The van der Waals surface area contributed by atoms with Crippen LogP contribution in [0.3, 0.4) is 0 Å². The van der Waals surface area contributed by atoms with Gasteiger partial charge in [0.2, 0.25) is 0 Å². The predicted molar refractivity (Wildman–Crippen MR) is 228 cm³/mol. The first kappa shape index (κ1) is 31.6. The Balaban J connectivity index is 1.05. The lowest BCUT2D eigenvalue weighted by molar-refractivity contribution is 0.632. The van der Waals surface area contributed by atoms with Crippen LogP contribution in [-0.4, -0.2) is 0 Å². The molecule has 0 radical (unpaired) electrons. The third-order valence-electron chi connectivity index (χ3n) is 10.5. The van der Waals surface area contributed by atoms with E-state index in [9.17, 15) is 0 Å². The molecule has 2 nitrogen and oxygen atoms in total. The monoisotopic (exact) mass is 689 g/mol. The molecule has 9 aromatic carbocycles. The lowest BCUT2D eigenvalue weighted by atomic mass is 9.93. The van der Waals surface area contributed by atoms with Crippen molar-refractivity contribution in [2.75, 3.05) is 4.90 Å². The van der Waals surface area contributed by atoms with Gasteiger partial charge in [0.25, 0.3) is 0 Å². The molecular formula is C52H35NO. The summed E-state index contributed by atoms with van der Waals surface area (Å²) in [6, 6.07) is 75.9. The molecule has 0 amide bonds. The van der Waals surface area contributed by atoms with Crippen molar-refractivity contribution in [2.45, 2.75) is 0 Å². The van der Waals surface area contributed by atoms with Crippen LogP contribution in [0, 0.1) is 0 Å². The zero-order chi connectivity index (χ0) is 35.8. The summed E-state index contributed by atoms with van der Waals surface area (Å²) in [6.45, 7) is 0. The molecule has 0 unspecified atom stereocenters. The molecule has 0 spiro atoms. The molecule has 0 aliphatic rings. The molecule has 254 valence electrons. The van der Waals surface area contributed by atoms with E-state index < -0.39 is 0 Å². The largest absolute Gasteiger partial charge is 0.456 e. The Morgan fingerprint density at radius 3 is 1.63 bits per heavy atom. The SMILES string of the molecule is c1ccc(-c2ccc(-c3ccc(N(c4ccc(-c5ccc6ccccc6c5)cc4)c4cccc5ccccc45)cc3)cc2-c2cc3ccccc3o2)cc1. The number of anilines is 3. The number of benzene rings is 9. The van der Waals surface area contributed by atoms with Crippen molar-refractivity contribution in [3.8, 4) is 44.7 Å². The molecule has 0 aliphatic carbocycles. The van der Waals surface area contributed by atoms with Gasteiger partial charge in [-0.05, 0) is 104 Å². The summed E-state index contributed by atoms with van der Waals surface area (Å²) < 4.78 is 6.44. The Morgan fingerprint density at radius 2 is 0.889 bits per heavy atom. The smallest absolute Gasteiger partial charge is 0.136 e. The van der Waals surface area contributed by atoms with Crippen molar-refractivity contribution in [3.63, 3.8) is 0 Å². The Morgan fingerprint density at radius 1 is 0.315 bits per heavy atom. The van der Waals surface area contributed by atoms with Gasteiger partial charge in [-0.1, -0.05) is 158 Å². The van der Waals surface area contributed by atoms with Crippen molar-refractivity contribution < 1.29 is 4.42 Å². The second-order valence-corrected chi connectivity index (χ2v) is 13.8. The van der Waals surface area contributed by atoms with E-state index in [0.717, 1.165) is 61.6 Å². The van der Waals surface area contributed by atoms with Crippen LogP contribution in [0.1, 0.15) is 0 Å². The van der Waals surface area contributed by atoms with Gasteiger partial charge in [0.15, 0.2) is 0 Å². The highest BCUT2D eigenvalue weighted by atomic mass is 16.3. The lowest BCUT2D eigenvalue weighted by Gasteiger charge is -2.27. The molecule has 0 aliphatic heterocycles. The summed E-state index contributed by atoms with van der Waals surface area (Å²) >= 11 is 0. The van der Waals surface area contributed by atoms with Crippen LogP contribution in [0.25, 0.3) is 77.2 Å². The summed E-state index contributed by atoms with van der Waals surface area (Å²) in [5.74, 6) is 0.864. The highest BCUT2D eigenvalue weighted by Crippen LogP contribution is 2.42. The fourth-order valence-corrected chi connectivity index (χ4v) is 7.72. The van der Waals surface area contributed by atoms with E-state index >= 15 is 0 Å². The van der Waals surface area contributed by atoms with E-state index in [4.69, 9.17) is 4.42 Å². The number of hydrogen-bond donors (Lipinski definition) is 0. The maximum absolute atomic E-state index is 6.44. The fraction of sp³-hybridized carbons (Fsp3) is 0. The first-order chi connectivity index (χ1) is 26.7. The second-order valence-electron chi connectivity index (χ2n) is 13.8. The van der Waals surface area contributed by atoms with Crippen LogP contribution in [0.5, 0.6) is 0 Å². The molecule has 2 heteroatoms. The minimum Gasteiger partial charge on any atom is -0.456 e. The first-order valence-electron chi connectivity index (χ1n) is 18.4. The first-order valence-corrected chi connectivity index (χ1v) is 18.4. The average molecular weight is 690 g/mol. The average Bonchev–Trinajstić information content (AvgIpc) is 3.69. The van der Waals surface area contributed by atoms with Crippen molar-refractivity contribution in [1.29, 1.82) is 0 Å². The maximum atomic E-state index is 6.44. The van der Waals surface area contributed by atoms with Gasteiger partial charge in [-0.25, -0.2) is 0 Å². The minimum atomic E-state index is 0.864. The Kier molecular flexibility index (Phi) is 7.85. The molecule has 0 saturated carbocycles. The molecule has 1 heterocycles. The molecule has 0 bridgehead atoms. The zero-order valence-electron chi connectivity index (χ0n) is 29.6. The van der Waals surface area contributed by atoms with E-state index in [2.05, 4.69) is 205 Å².